The first kappa shape index (κ1) is 22.9. The number of carbonyl (C=O) groups is 2. The van der Waals surface area contributed by atoms with Crippen molar-refractivity contribution in [2.24, 2.45) is 0 Å². The Morgan fingerprint density at radius 3 is 2.44 bits per heavy atom. The van der Waals surface area contributed by atoms with E-state index in [9.17, 15) is 9.59 Å². The van der Waals surface area contributed by atoms with E-state index in [1.165, 1.54) is 0 Å². The molecule has 0 radical (unpaired) electrons. The summed E-state index contributed by atoms with van der Waals surface area (Å²) in [5.74, 6) is -0.173. The summed E-state index contributed by atoms with van der Waals surface area (Å²) in [4.78, 5) is 26.5. The molecule has 0 spiro atoms. The second-order valence-electron chi connectivity index (χ2n) is 7.31. The quantitative estimate of drug-likeness (QED) is 0.547. The predicted octanol–water partition coefficient (Wildman–Crippen LogP) is 2.69. The molecule has 0 unspecified atom stereocenters. The van der Waals surface area contributed by atoms with Gasteiger partial charge in [0, 0.05) is 29.9 Å². The number of hydrogen-bond donors (Lipinski definition) is 3. The third-order valence-corrected chi connectivity index (χ3v) is 3.85. The van der Waals surface area contributed by atoms with Gasteiger partial charge in [-0.1, -0.05) is 19.9 Å². The van der Waals surface area contributed by atoms with Gasteiger partial charge in [0.2, 0.25) is 0 Å². The van der Waals surface area contributed by atoms with Gasteiger partial charge in [0.15, 0.2) is 0 Å². The van der Waals surface area contributed by atoms with Crippen LogP contribution in [0.25, 0.3) is 0 Å². The Morgan fingerprint density at radius 1 is 1.11 bits per heavy atom. The summed E-state index contributed by atoms with van der Waals surface area (Å²) >= 11 is 0. The van der Waals surface area contributed by atoms with Crippen molar-refractivity contribution in [1.82, 2.24) is 15.5 Å². The van der Waals surface area contributed by atoms with Gasteiger partial charge >= 0.3 is 6.03 Å². The molecular weight excluding hydrogens is 344 g/mol. The van der Waals surface area contributed by atoms with Gasteiger partial charge in [-0.25, -0.2) is 4.79 Å². The highest BCUT2D eigenvalue weighted by Crippen LogP contribution is 2.12. The predicted molar refractivity (Wildman–Crippen MR) is 109 cm³/mol. The minimum absolute atomic E-state index is 0.173. The van der Waals surface area contributed by atoms with E-state index in [2.05, 4.69) is 34.7 Å². The number of rotatable bonds is 10. The van der Waals surface area contributed by atoms with E-state index in [4.69, 9.17) is 4.74 Å². The van der Waals surface area contributed by atoms with Crippen LogP contribution in [0.4, 0.5) is 10.5 Å². The maximum atomic E-state index is 12.2. The van der Waals surface area contributed by atoms with Crippen molar-refractivity contribution in [3.8, 4) is 0 Å². The maximum Gasteiger partial charge on any atom is 0.319 e. The molecule has 3 N–H and O–H groups in total. The topological polar surface area (TPSA) is 82.7 Å². The Labute approximate surface area is 162 Å². The Balaban J connectivity index is 2.34. The van der Waals surface area contributed by atoms with E-state index in [-0.39, 0.29) is 17.5 Å². The molecule has 0 bridgehead atoms. The van der Waals surface area contributed by atoms with Crippen molar-refractivity contribution in [3.63, 3.8) is 0 Å². The molecule has 0 atom stereocenters. The zero-order valence-electron chi connectivity index (χ0n) is 17.2. The Morgan fingerprint density at radius 2 is 1.81 bits per heavy atom. The second kappa shape index (κ2) is 11.6. The van der Waals surface area contributed by atoms with Crippen LogP contribution in [-0.4, -0.2) is 61.8 Å². The van der Waals surface area contributed by atoms with E-state index in [1.54, 1.807) is 24.3 Å². The van der Waals surface area contributed by atoms with Crippen LogP contribution in [-0.2, 0) is 4.74 Å². The lowest BCUT2D eigenvalue weighted by Crippen LogP contribution is -2.40. The molecule has 0 aliphatic heterocycles. The fraction of sp³-hybridized carbons (Fsp3) is 0.600. The highest BCUT2D eigenvalue weighted by atomic mass is 16.5. The molecule has 7 heteroatoms. The standard InChI is InChI=1S/C20H34N4O3/c1-6-24(7-2)12-14-27-13-11-21-19(26)22-17-10-8-9-16(15-17)18(25)23-20(3,4)5/h8-10,15H,6-7,11-14H2,1-5H3,(H,23,25)(H2,21,22,26). The maximum absolute atomic E-state index is 12.2. The number of carbonyl (C=O) groups excluding carboxylic acids is 2. The normalized spacial score (nSPS) is 11.3. The van der Waals surface area contributed by atoms with Crippen molar-refractivity contribution in [3.05, 3.63) is 29.8 Å². The molecule has 0 fully saturated rings. The van der Waals surface area contributed by atoms with Crippen molar-refractivity contribution in [2.45, 2.75) is 40.2 Å². The van der Waals surface area contributed by atoms with E-state index < -0.39 is 0 Å². The van der Waals surface area contributed by atoms with E-state index in [0.717, 1.165) is 19.6 Å². The molecule has 0 aliphatic carbocycles. The number of nitrogens with one attached hydrogen (secondary N) is 3. The minimum atomic E-state index is -0.323. The minimum Gasteiger partial charge on any atom is -0.378 e. The van der Waals surface area contributed by atoms with Crippen LogP contribution in [0, 0.1) is 0 Å². The van der Waals surface area contributed by atoms with Crippen LogP contribution in [0.2, 0.25) is 0 Å². The lowest BCUT2D eigenvalue weighted by Gasteiger charge is -2.20. The van der Waals surface area contributed by atoms with Crippen LogP contribution in [0.15, 0.2) is 24.3 Å². The monoisotopic (exact) mass is 378 g/mol. The number of anilines is 1. The van der Waals surface area contributed by atoms with Crippen molar-refractivity contribution >= 4 is 17.6 Å². The molecule has 3 amide bonds. The van der Waals surface area contributed by atoms with Gasteiger partial charge in [0.25, 0.3) is 5.91 Å². The molecule has 27 heavy (non-hydrogen) atoms. The molecule has 1 rings (SSSR count). The van der Waals surface area contributed by atoms with Gasteiger partial charge < -0.3 is 25.6 Å². The Hall–Kier alpha value is -2.12. The summed E-state index contributed by atoms with van der Waals surface area (Å²) in [6, 6.07) is 6.53. The molecule has 1 aromatic rings. The number of urea groups is 1. The summed E-state index contributed by atoms with van der Waals surface area (Å²) in [5.41, 5.74) is 0.752. The summed E-state index contributed by atoms with van der Waals surface area (Å²) in [7, 11) is 0. The average Bonchev–Trinajstić information content (AvgIpc) is 2.60. The van der Waals surface area contributed by atoms with Gasteiger partial charge in [-0.05, 0) is 52.1 Å². The Bertz CT molecular complexity index is 595. The molecule has 0 saturated heterocycles. The fourth-order valence-corrected chi connectivity index (χ4v) is 2.40. The average molecular weight is 379 g/mol. The van der Waals surface area contributed by atoms with Crippen molar-refractivity contribution < 1.29 is 14.3 Å². The van der Waals surface area contributed by atoms with Crippen LogP contribution >= 0.6 is 0 Å². The van der Waals surface area contributed by atoms with Crippen LogP contribution < -0.4 is 16.0 Å². The fourth-order valence-electron chi connectivity index (χ4n) is 2.40. The molecule has 0 aliphatic rings. The SMILES string of the molecule is CCN(CC)CCOCCNC(=O)Nc1cccc(C(=O)NC(C)(C)C)c1. The third kappa shape index (κ3) is 9.96. The number of amides is 3. The lowest BCUT2D eigenvalue weighted by atomic mass is 10.1. The highest BCUT2D eigenvalue weighted by Gasteiger charge is 2.15. The molecule has 0 saturated carbocycles. The number of nitrogens with zero attached hydrogens (tertiary/aromatic N) is 1. The highest BCUT2D eigenvalue weighted by molar-refractivity contribution is 5.97. The van der Waals surface area contributed by atoms with Gasteiger partial charge in [0.05, 0.1) is 13.2 Å². The van der Waals surface area contributed by atoms with Gasteiger partial charge in [-0.2, -0.15) is 0 Å². The molecule has 0 heterocycles. The number of benzene rings is 1. The molecule has 1 aromatic carbocycles. The number of hydrogen-bond acceptors (Lipinski definition) is 4. The smallest absolute Gasteiger partial charge is 0.319 e. The first-order chi connectivity index (χ1) is 12.7. The van der Waals surface area contributed by atoms with Crippen molar-refractivity contribution in [1.29, 1.82) is 0 Å². The van der Waals surface area contributed by atoms with E-state index >= 15 is 0 Å². The summed E-state index contributed by atoms with van der Waals surface area (Å²) in [6.45, 7) is 14.4. The molecule has 0 aromatic heterocycles. The first-order valence-electron chi connectivity index (χ1n) is 9.52. The first-order valence-corrected chi connectivity index (χ1v) is 9.52. The zero-order chi connectivity index (χ0) is 20.3. The molecule has 7 nitrogen and oxygen atoms in total. The van der Waals surface area contributed by atoms with Crippen molar-refractivity contribution in [2.75, 3.05) is 44.7 Å². The van der Waals surface area contributed by atoms with Crippen LogP contribution in [0.5, 0.6) is 0 Å². The van der Waals surface area contributed by atoms with Gasteiger partial charge in [0.1, 0.15) is 0 Å². The number of ether oxygens (including phenoxy) is 1. The molecular formula is C20H34N4O3. The van der Waals surface area contributed by atoms with E-state index in [0.29, 0.717) is 31.0 Å². The van der Waals surface area contributed by atoms with Gasteiger partial charge in [-0.3, -0.25) is 4.79 Å². The summed E-state index contributed by atoms with van der Waals surface area (Å²) < 4.78 is 5.53. The summed E-state index contributed by atoms with van der Waals surface area (Å²) in [6.07, 6.45) is 0. The Kier molecular flexibility index (Phi) is 9.82. The van der Waals surface area contributed by atoms with Crippen LogP contribution in [0.3, 0.4) is 0 Å². The molecule has 152 valence electrons. The lowest BCUT2D eigenvalue weighted by molar-refractivity contribution is 0.0919. The largest absolute Gasteiger partial charge is 0.378 e. The van der Waals surface area contributed by atoms with Gasteiger partial charge in [-0.15, -0.1) is 0 Å². The third-order valence-electron chi connectivity index (χ3n) is 3.85. The number of likely N-dealkylation sites (N-methyl/N-ethyl adjacent to an activating group) is 1. The van der Waals surface area contributed by atoms with E-state index in [1.807, 2.05) is 20.8 Å². The second-order valence-corrected chi connectivity index (χ2v) is 7.31. The van der Waals surface area contributed by atoms with Crippen LogP contribution in [0.1, 0.15) is 45.0 Å². The summed E-state index contributed by atoms with van der Waals surface area (Å²) in [5, 5.41) is 8.38. The zero-order valence-corrected chi connectivity index (χ0v) is 17.2.